The largest absolute Gasteiger partial charge is 0.497 e. The summed E-state index contributed by atoms with van der Waals surface area (Å²) in [4.78, 5) is 19.4. The van der Waals surface area contributed by atoms with E-state index in [4.69, 9.17) is 14.9 Å². The molecule has 0 heterocycles. The van der Waals surface area contributed by atoms with Gasteiger partial charge in [0.05, 0.1) is 18.9 Å². The first-order valence-corrected chi connectivity index (χ1v) is 6.27. The van der Waals surface area contributed by atoms with E-state index in [1.165, 1.54) is 0 Å². The molecule has 0 aliphatic heterocycles. The number of carboxylic acids is 2. The fourth-order valence-corrected chi connectivity index (χ4v) is 0.557. The molecule has 0 unspecified atom stereocenters. The SMILES string of the molecule is CC(C)C(=O)O.CC(C)C(=O)O.COc1ccccc1. The van der Waals surface area contributed by atoms with E-state index in [1.807, 2.05) is 30.3 Å². The molecule has 0 aliphatic rings. The average Bonchev–Trinajstić information content (AvgIpc) is 2.40. The minimum Gasteiger partial charge on any atom is -0.497 e. The second-order valence-corrected chi connectivity index (χ2v) is 4.50. The number of ether oxygens (including phenoxy) is 1. The number of carbonyl (C=O) groups is 2. The van der Waals surface area contributed by atoms with Crippen molar-refractivity contribution in [1.82, 2.24) is 0 Å². The molecular weight excluding hydrogens is 260 g/mol. The van der Waals surface area contributed by atoms with E-state index in [2.05, 4.69) is 0 Å². The summed E-state index contributed by atoms with van der Waals surface area (Å²) in [7, 11) is 1.66. The lowest BCUT2D eigenvalue weighted by atomic mass is 10.2. The van der Waals surface area contributed by atoms with Crippen LogP contribution in [0, 0.1) is 11.8 Å². The highest BCUT2D eigenvalue weighted by molar-refractivity contribution is 5.69. The topological polar surface area (TPSA) is 83.8 Å². The molecule has 0 amide bonds. The van der Waals surface area contributed by atoms with Crippen molar-refractivity contribution in [1.29, 1.82) is 0 Å². The Bertz CT molecular complexity index is 353. The number of rotatable bonds is 3. The summed E-state index contributed by atoms with van der Waals surface area (Å²) in [5.41, 5.74) is 0. The van der Waals surface area contributed by atoms with Crippen LogP contribution in [0.1, 0.15) is 27.7 Å². The van der Waals surface area contributed by atoms with Crippen molar-refractivity contribution in [2.24, 2.45) is 11.8 Å². The normalized spacial score (nSPS) is 8.95. The number of hydrogen-bond donors (Lipinski definition) is 2. The van der Waals surface area contributed by atoms with Crippen molar-refractivity contribution in [3.8, 4) is 5.75 Å². The fourth-order valence-electron chi connectivity index (χ4n) is 0.557. The van der Waals surface area contributed by atoms with Gasteiger partial charge in [-0.3, -0.25) is 9.59 Å². The minimum absolute atomic E-state index is 0.231. The maximum absolute atomic E-state index is 9.70. The van der Waals surface area contributed by atoms with Gasteiger partial charge in [0, 0.05) is 0 Å². The van der Waals surface area contributed by atoms with Crippen LogP contribution in [-0.2, 0) is 9.59 Å². The lowest BCUT2D eigenvalue weighted by molar-refractivity contribution is -0.141. The first kappa shape index (κ1) is 20.3. The van der Waals surface area contributed by atoms with Crippen molar-refractivity contribution in [2.45, 2.75) is 27.7 Å². The Morgan fingerprint density at radius 3 is 1.35 bits per heavy atom. The van der Waals surface area contributed by atoms with Crippen LogP contribution in [-0.4, -0.2) is 29.3 Å². The van der Waals surface area contributed by atoms with Gasteiger partial charge in [0.1, 0.15) is 5.75 Å². The van der Waals surface area contributed by atoms with Gasteiger partial charge in [-0.25, -0.2) is 0 Å². The number of aliphatic carboxylic acids is 2. The zero-order valence-electron chi connectivity index (χ0n) is 12.7. The van der Waals surface area contributed by atoms with Gasteiger partial charge in [-0.1, -0.05) is 45.9 Å². The summed E-state index contributed by atoms with van der Waals surface area (Å²) in [5, 5.41) is 16.0. The van der Waals surface area contributed by atoms with E-state index in [9.17, 15) is 9.59 Å². The molecule has 0 spiro atoms. The molecule has 1 rings (SSSR count). The highest BCUT2D eigenvalue weighted by atomic mass is 16.5. The number of benzene rings is 1. The summed E-state index contributed by atoms with van der Waals surface area (Å²) in [6.45, 7) is 6.56. The van der Waals surface area contributed by atoms with Gasteiger partial charge in [-0.15, -0.1) is 0 Å². The summed E-state index contributed by atoms with van der Waals surface area (Å²) in [6, 6.07) is 9.68. The predicted octanol–water partition coefficient (Wildman–Crippen LogP) is 3.15. The highest BCUT2D eigenvalue weighted by Crippen LogP contribution is 2.05. The van der Waals surface area contributed by atoms with Gasteiger partial charge in [0.15, 0.2) is 0 Å². The molecule has 0 radical (unpaired) electrons. The van der Waals surface area contributed by atoms with Crippen LogP contribution < -0.4 is 4.74 Å². The Morgan fingerprint density at radius 1 is 0.900 bits per heavy atom. The van der Waals surface area contributed by atoms with Gasteiger partial charge in [-0.05, 0) is 12.1 Å². The molecule has 2 N–H and O–H groups in total. The number of hydrogen-bond acceptors (Lipinski definition) is 3. The standard InChI is InChI=1S/C7H8O.2C4H8O2/c1-8-7-5-3-2-4-6-7;2*1-3(2)4(5)6/h2-6H,1H3;2*3H,1-2H3,(H,5,6). The monoisotopic (exact) mass is 284 g/mol. The van der Waals surface area contributed by atoms with Crippen LogP contribution >= 0.6 is 0 Å². The second-order valence-electron chi connectivity index (χ2n) is 4.50. The lowest BCUT2D eigenvalue weighted by Crippen LogP contribution is -2.03. The number of para-hydroxylation sites is 1. The Morgan fingerprint density at radius 2 is 1.20 bits per heavy atom. The third-order valence-corrected chi connectivity index (χ3v) is 1.97. The van der Waals surface area contributed by atoms with E-state index >= 15 is 0 Å². The van der Waals surface area contributed by atoms with Crippen molar-refractivity contribution in [2.75, 3.05) is 7.11 Å². The highest BCUT2D eigenvalue weighted by Gasteiger charge is 1.99. The molecule has 0 bridgehead atoms. The van der Waals surface area contributed by atoms with Gasteiger partial charge in [0.25, 0.3) is 0 Å². The molecule has 20 heavy (non-hydrogen) atoms. The van der Waals surface area contributed by atoms with Crippen LogP contribution in [0.2, 0.25) is 0 Å². The number of carboxylic acid groups (broad SMARTS) is 2. The van der Waals surface area contributed by atoms with Gasteiger partial charge in [0.2, 0.25) is 0 Å². The van der Waals surface area contributed by atoms with Crippen LogP contribution in [0.25, 0.3) is 0 Å². The van der Waals surface area contributed by atoms with E-state index in [0.29, 0.717) is 0 Å². The quantitative estimate of drug-likeness (QED) is 0.890. The Balaban J connectivity index is 0. The molecule has 0 saturated carbocycles. The molecule has 0 aliphatic carbocycles. The Labute approximate surface area is 120 Å². The molecule has 1 aromatic rings. The zero-order chi connectivity index (χ0) is 16.1. The van der Waals surface area contributed by atoms with Crippen molar-refractivity contribution < 1.29 is 24.5 Å². The molecule has 1 aromatic carbocycles. The van der Waals surface area contributed by atoms with Crippen LogP contribution in [0.5, 0.6) is 5.75 Å². The maximum Gasteiger partial charge on any atom is 0.305 e. The first-order chi connectivity index (χ1) is 9.22. The molecule has 5 nitrogen and oxygen atoms in total. The Kier molecular flexibility index (Phi) is 12.2. The third-order valence-electron chi connectivity index (χ3n) is 1.97. The van der Waals surface area contributed by atoms with E-state index < -0.39 is 11.9 Å². The van der Waals surface area contributed by atoms with E-state index in [-0.39, 0.29) is 11.8 Å². The van der Waals surface area contributed by atoms with Gasteiger partial charge in [-0.2, -0.15) is 0 Å². The van der Waals surface area contributed by atoms with E-state index in [1.54, 1.807) is 34.8 Å². The molecule has 0 fully saturated rings. The fraction of sp³-hybridized carbons (Fsp3) is 0.467. The van der Waals surface area contributed by atoms with Crippen molar-refractivity contribution >= 4 is 11.9 Å². The van der Waals surface area contributed by atoms with Gasteiger partial charge < -0.3 is 14.9 Å². The summed E-state index contributed by atoms with van der Waals surface area (Å²) < 4.78 is 4.91. The second kappa shape index (κ2) is 12.0. The molecule has 0 atom stereocenters. The van der Waals surface area contributed by atoms with Crippen LogP contribution in [0.3, 0.4) is 0 Å². The maximum atomic E-state index is 9.70. The molecule has 5 heteroatoms. The smallest absolute Gasteiger partial charge is 0.305 e. The van der Waals surface area contributed by atoms with E-state index in [0.717, 1.165) is 5.75 Å². The molecule has 0 aromatic heterocycles. The lowest BCUT2D eigenvalue weighted by Gasteiger charge is -1.93. The first-order valence-electron chi connectivity index (χ1n) is 6.27. The minimum atomic E-state index is -0.741. The molecule has 0 saturated heterocycles. The average molecular weight is 284 g/mol. The molecule has 114 valence electrons. The third kappa shape index (κ3) is 14.0. The Hall–Kier alpha value is -2.04. The predicted molar refractivity (Wildman–Crippen MR) is 77.9 cm³/mol. The number of methoxy groups -OCH3 is 1. The van der Waals surface area contributed by atoms with Crippen LogP contribution in [0.15, 0.2) is 30.3 Å². The van der Waals surface area contributed by atoms with Crippen LogP contribution in [0.4, 0.5) is 0 Å². The molecular formula is C15H24O5. The summed E-state index contributed by atoms with van der Waals surface area (Å²) >= 11 is 0. The van der Waals surface area contributed by atoms with Crippen molar-refractivity contribution in [3.63, 3.8) is 0 Å². The summed E-state index contributed by atoms with van der Waals surface area (Å²) in [5.74, 6) is -1.03. The van der Waals surface area contributed by atoms with Gasteiger partial charge >= 0.3 is 11.9 Å². The zero-order valence-corrected chi connectivity index (χ0v) is 12.7. The summed E-state index contributed by atoms with van der Waals surface area (Å²) in [6.07, 6.45) is 0. The van der Waals surface area contributed by atoms with Crippen molar-refractivity contribution in [3.05, 3.63) is 30.3 Å².